The lowest BCUT2D eigenvalue weighted by Gasteiger charge is -2.41. The van der Waals surface area contributed by atoms with Crippen molar-refractivity contribution in [3.05, 3.63) is 47.5 Å². The lowest BCUT2D eigenvalue weighted by Crippen LogP contribution is -2.46. The molecule has 0 bridgehead atoms. The third kappa shape index (κ3) is 3.89. The van der Waals surface area contributed by atoms with Crippen LogP contribution in [0.5, 0.6) is 23.0 Å². The van der Waals surface area contributed by atoms with Crippen LogP contribution >= 0.6 is 0 Å². The highest BCUT2D eigenvalue weighted by atomic mass is 16.5. The van der Waals surface area contributed by atoms with Gasteiger partial charge in [-0.3, -0.25) is 0 Å². The van der Waals surface area contributed by atoms with Crippen molar-refractivity contribution in [2.24, 2.45) is 17.0 Å². The molecule has 1 saturated heterocycles. The fourth-order valence-electron chi connectivity index (χ4n) is 4.28. The van der Waals surface area contributed by atoms with E-state index in [0.29, 0.717) is 23.0 Å². The first kappa shape index (κ1) is 21.8. The largest absolute Gasteiger partial charge is 0.493 e. The van der Waals surface area contributed by atoms with E-state index in [0.717, 1.165) is 16.8 Å². The van der Waals surface area contributed by atoms with Crippen LogP contribution in [0.4, 0.5) is 0 Å². The van der Waals surface area contributed by atoms with E-state index in [-0.39, 0.29) is 23.9 Å². The molecule has 1 fully saturated rings. The Morgan fingerprint density at radius 2 is 1.10 bits per heavy atom. The van der Waals surface area contributed by atoms with Crippen LogP contribution in [0.25, 0.3) is 0 Å². The summed E-state index contributed by atoms with van der Waals surface area (Å²) in [6, 6.07) is 11.6. The summed E-state index contributed by atoms with van der Waals surface area (Å²) in [5.74, 6) is 2.63. The highest BCUT2D eigenvalue weighted by Gasteiger charge is 2.39. The maximum atomic E-state index is 9.80. The second-order valence-corrected chi connectivity index (χ2v) is 7.45. The molecule has 2 aromatic carbocycles. The summed E-state index contributed by atoms with van der Waals surface area (Å²) in [5, 5.41) is 17.2. The van der Waals surface area contributed by atoms with Crippen molar-refractivity contribution in [2.75, 3.05) is 28.4 Å². The van der Waals surface area contributed by atoms with Gasteiger partial charge in [0.1, 0.15) is 0 Å². The summed E-state index contributed by atoms with van der Waals surface area (Å²) in [4.78, 5) is 0. The third-order valence-electron chi connectivity index (χ3n) is 5.94. The van der Waals surface area contributed by atoms with Gasteiger partial charge in [-0.05, 0) is 35.4 Å². The Labute approximate surface area is 177 Å². The van der Waals surface area contributed by atoms with Crippen LogP contribution in [0, 0.1) is 11.8 Å². The van der Waals surface area contributed by atoms with E-state index in [1.54, 1.807) is 28.4 Å². The smallest absolute Gasteiger partial charge is 0.161 e. The second kappa shape index (κ2) is 9.26. The van der Waals surface area contributed by atoms with E-state index in [1.165, 1.54) is 0 Å². The van der Waals surface area contributed by atoms with Gasteiger partial charge in [0, 0.05) is 23.9 Å². The number of benzene rings is 2. The molecule has 162 valence electrons. The number of oxime groups is 1. The highest BCUT2D eigenvalue weighted by Crippen LogP contribution is 2.42. The molecule has 0 radical (unpaired) electrons. The maximum Gasteiger partial charge on any atom is 0.161 e. The lowest BCUT2D eigenvalue weighted by atomic mass is 9.75. The zero-order valence-electron chi connectivity index (χ0n) is 18.3. The minimum absolute atomic E-state index is 0.0144. The minimum atomic E-state index is -0.0787. The van der Waals surface area contributed by atoms with Gasteiger partial charge in [-0.15, -0.1) is 0 Å². The Kier molecular flexibility index (Phi) is 6.72. The third-order valence-corrected chi connectivity index (χ3v) is 5.94. The number of nitrogens with zero attached hydrogens (tertiary/aromatic N) is 1. The molecule has 30 heavy (non-hydrogen) atoms. The molecule has 1 aliphatic heterocycles. The number of methoxy groups -OCH3 is 4. The van der Waals surface area contributed by atoms with Gasteiger partial charge in [0.25, 0.3) is 0 Å². The van der Waals surface area contributed by atoms with Gasteiger partial charge in [0.15, 0.2) is 23.0 Å². The second-order valence-electron chi connectivity index (χ2n) is 7.45. The number of hydrogen-bond acceptors (Lipinski definition) is 7. The molecule has 7 heteroatoms. The van der Waals surface area contributed by atoms with Crippen LogP contribution in [0.3, 0.4) is 0 Å². The molecule has 1 aliphatic rings. The van der Waals surface area contributed by atoms with Crippen LogP contribution in [-0.4, -0.2) is 39.4 Å². The molecule has 3 rings (SSSR count). The molecule has 0 unspecified atom stereocenters. The van der Waals surface area contributed by atoms with Crippen LogP contribution in [0.1, 0.15) is 37.1 Å². The molecule has 0 aliphatic carbocycles. The van der Waals surface area contributed by atoms with Crippen LogP contribution in [0.15, 0.2) is 41.6 Å². The summed E-state index contributed by atoms with van der Waals surface area (Å²) >= 11 is 0. The van der Waals surface area contributed by atoms with E-state index in [4.69, 9.17) is 18.9 Å². The van der Waals surface area contributed by atoms with Crippen molar-refractivity contribution in [1.29, 1.82) is 0 Å². The van der Waals surface area contributed by atoms with E-state index in [9.17, 15) is 5.21 Å². The molecule has 4 atom stereocenters. The van der Waals surface area contributed by atoms with Crippen molar-refractivity contribution >= 4 is 5.71 Å². The molecule has 0 aromatic heterocycles. The first-order valence-corrected chi connectivity index (χ1v) is 9.90. The molecule has 1 heterocycles. The number of ether oxygens (including phenoxy) is 4. The van der Waals surface area contributed by atoms with E-state index < -0.39 is 0 Å². The number of piperidine rings is 1. The fraction of sp³-hybridized carbons (Fsp3) is 0.435. The zero-order valence-corrected chi connectivity index (χ0v) is 18.3. The normalized spacial score (nSPS) is 25.1. The monoisotopic (exact) mass is 414 g/mol. The van der Waals surface area contributed by atoms with Crippen molar-refractivity contribution in [1.82, 2.24) is 5.32 Å². The van der Waals surface area contributed by atoms with Gasteiger partial charge < -0.3 is 29.5 Å². The fourth-order valence-corrected chi connectivity index (χ4v) is 4.28. The van der Waals surface area contributed by atoms with Gasteiger partial charge in [0.2, 0.25) is 0 Å². The van der Waals surface area contributed by atoms with Crippen LogP contribution in [0.2, 0.25) is 0 Å². The van der Waals surface area contributed by atoms with Crippen molar-refractivity contribution in [3.63, 3.8) is 0 Å². The minimum Gasteiger partial charge on any atom is -0.493 e. The molecular weight excluding hydrogens is 384 g/mol. The number of hydrogen-bond donors (Lipinski definition) is 2. The van der Waals surface area contributed by atoms with Gasteiger partial charge in [-0.25, -0.2) is 0 Å². The Balaban J connectivity index is 2.03. The molecule has 2 N–H and O–H groups in total. The Morgan fingerprint density at radius 1 is 0.700 bits per heavy atom. The Morgan fingerprint density at radius 3 is 1.43 bits per heavy atom. The first-order valence-electron chi connectivity index (χ1n) is 9.90. The Hall–Kier alpha value is -2.93. The summed E-state index contributed by atoms with van der Waals surface area (Å²) in [6.45, 7) is 4.12. The molecule has 7 nitrogen and oxygen atoms in total. The Bertz CT molecular complexity index is 845. The van der Waals surface area contributed by atoms with E-state index in [1.807, 2.05) is 36.4 Å². The lowest BCUT2D eigenvalue weighted by molar-refractivity contribution is 0.270. The SMILES string of the molecule is COc1ccc([C@H]2N[C@@H](c3ccc(OC)c(OC)c3)[C@H](C)C(=NO)[C@H]2C)cc1OC. The number of rotatable bonds is 6. The van der Waals surface area contributed by atoms with E-state index >= 15 is 0 Å². The van der Waals surface area contributed by atoms with Gasteiger partial charge in [0.05, 0.1) is 34.2 Å². The standard InChI is InChI=1S/C23H30N2O5/c1-13-21(25-26)14(2)23(16-8-10-18(28-4)20(12-16)30-6)24-22(13)15-7-9-17(27-3)19(11-15)29-5/h7-14,22-24,26H,1-6H3/t13-,14-,22-,23+/m1/s1. The maximum absolute atomic E-state index is 9.80. The topological polar surface area (TPSA) is 81.5 Å². The molecular formula is C23H30N2O5. The molecule has 2 aromatic rings. The summed E-state index contributed by atoms with van der Waals surface area (Å²) in [6.07, 6.45) is 0. The molecule has 0 amide bonds. The average Bonchev–Trinajstić information content (AvgIpc) is 2.78. The van der Waals surface area contributed by atoms with Gasteiger partial charge in [-0.2, -0.15) is 0 Å². The highest BCUT2D eigenvalue weighted by molar-refractivity contribution is 5.90. The predicted molar refractivity (Wildman–Crippen MR) is 115 cm³/mol. The van der Waals surface area contributed by atoms with Crippen molar-refractivity contribution in [2.45, 2.75) is 25.9 Å². The van der Waals surface area contributed by atoms with Crippen LogP contribution < -0.4 is 24.3 Å². The van der Waals surface area contributed by atoms with Gasteiger partial charge in [-0.1, -0.05) is 31.1 Å². The van der Waals surface area contributed by atoms with Crippen LogP contribution in [-0.2, 0) is 0 Å². The average molecular weight is 415 g/mol. The number of nitrogens with one attached hydrogen (secondary N) is 1. The van der Waals surface area contributed by atoms with Crippen molar-refractivity contribution < 1.29 is 24.2 Å². The van der Waals surface area contributed by atoms with Gasteiger partial charge >= 0.3 is 0 Å². The molecule has 0 spiro atoms. The van der Waals surface area contributed by atoms with Crippen molar-refractivity contribution in [3.8, 4) is 23.0 Å². The van der Waals surface area contributed by atoms with E-state index in [2.05, 4.69) is 24.3 Å². The summed E-state index contributed by atoms with van der Waals surface area (Å²) in [7, 11) is 6.47. The summed E-state index contributed by atoms with van der Waals surface area (Å²) < 4.78 is 21.7. The predicted octanol–water partition coefficient (Wildman–Crippen LogP) is 4.21. The quantitative estimate of drug-likeness (QED) is 0.544. The first-order chi connectivity index (χ1) is 14.5. The molecule has 0 saturated carbocycles. The summed E-state index contributed by atoms with van der Waals surface area (Å²) in [5.41, 5.74) is 2.80. The zero-order chi connectivity index (χ0) is 21.8.